The summed E-state index contributed by atoms with van der Waals surface area (Å²) in [5.74, 6) is 0.481. The van der Waals surface area contributed by atoms with Crippen molar-refractivity contribution in [1.29, 1.82) is 0 Å². The van der Waals surface area contributed by atoms with E-state index in [0.29, 0.717) is 16.9 Å². The Morgan fingerprint density at radius 1 is 1.35 bits per heavy atom. The normalized spacial score (nSPS) is 37.4. The van der Waals surface area contributed by atoms with Crippen LogP contribution in [0, 0.1) is 24.2 Å². The lowest BCUT2D eigenvalue weighted by molar-refractivity contribution is -0.151. The zero-order valence-corrected chi connectivity index (χ0v) is 11.8. The van der Waals surface area contributed by atoms with E-state index in [4.69, 9.17) is 4.74 Å². The zero-order chi connectivity index (χ0) is 12.1. The number of ether oxygens (including phenoxy) is 1. The molecule has 0 amide bonds. The van der Waals surface area contributed by atoms with Crippen molar-refractivity contribution in [1.82, 2.24) is 0 Å². The Kier molecular flexibility index (Phi) is 3.48. The van der Waals surface area contributed by atoms with Crippen molar-refractivity contribution in [3.05, 3.63) is 19.6 Å². The van der Waals surface area contributed by atoms with Gasteiger partial charge in [-0.1, -0.05) is 34.8 Å². The van der Waals surface area contributed by atoms with Crippen molar-refractivity contribution < 1.29 is 9.53 Å². The topological polar surface area (TPSA) is 26.3 Å². The Morgan fingerprint density at radius 3 is 2.29 bits per heavy atom. The summed E-state index contributed by atoms with van der Waals surface area (Å²) in [6, 6.07) is 0. The molecule has 0 spiro atoms. The second-order valence-electron chi connectivity index (χ2n) is 6.28. The molecule has 2 saturated carbocycles. The van der Waals surface area contributed by atoms with Crippen molar-refractivity contribution in [2.75, 3.05) is 0 Å². The van der Waals surface area contributed by atoms with Crippen LogP contribution < -0.4 is 0 Å². The molecule has 0 aromatic heterocycles. The van der Waals surface area contributed by atoms with Gasteiger partial charge in [0.15, 0.2) is 0 Å². The molecular formula is C15H25O2. The maximum atomic E-state index is 11.6. The minimum absolute atomic E-state index is 0. The predicted molar refractivity (Wildman–Crippen MR) is 70.3 cm³/mol. The highest BCUT2D eigenvalue weighted by Gasteiger charge is 2.62. The van der Waals surface area contributed by atoms with E-state index in [0.717, 1.165) is 6.42 Å². The quantitative estimate of drug-likeness (QED) is 0.540. The molecule has 2 aliphatic carbocycles. The number of fused-ring (bicyclic) bond motifs is 2. The number of hydrogen-bond donors (Lipinski definition) is 0. The van der Waals surface area contributed by atoms with E-state index in [1.807, 2.05) is 0 Å². The molecule has 2 aliphatic rings. The van der Waals surface area contributed by atoms with Crippen LogP contribution in [0.4, 0.5) is 0 Å². The predicted octanol–water partition coefficient (Wildman–Crippen LogP) is 3.77. The van der Waals surface area contributed by atoms with Crippen LogP contribution in [0.5, 0.6) is 0 Å². The molecule has 97 valence electrons. The molecule has 0 heterocycles. The van der Waals surface area contributed by atoms with Crippen LogP contribution in [0.2, 0.25) is 0 Å². The van der Waals surface area contributed by atoms with E-state index in [1.54, 1.807) is 6.92 Å². The molecule has 0 saturated heterocycles. The van der Waals surface area contributed by atoms with Gasteiger partial charge in [-0.25, -0.2) is 4.79 Å². The molecule has 17 heavy (non-hydrogen) atoms. The maximum absolute atomic E-state index is 11.6. The number of carbonyl (C=O) groups is 1. The van der Waals surface area contributed by atoms with Crippen molar-refractivity contribution in [2.24, 2.45) is 16.7 Å². The molecule has 2 bridgehead atoms. The molecule has 2 rings (SSSR count). The van der Waals surface area contributed by atoms with E-state index in [1.165, 1.54) is 12.8 Å². The first-order valence-electron chi connectivity index (χ1n) is 6.15. The van der Waals surface area contributed by atoms with Crippen LogP contribution in [0.15, 0.2) is 12.2 Å². The summed E-state index contributed by atoms with van der Waals surface area (Å²) in [7, 11) is 0. The lowest BCUT2D eigenvalue weighted by Crippen LogP contribution is -2.38. The van der Waals surface area contributed by atoms with Crippen LogP contribution in [-0.4, -0.2) is 12.1 Å². The largest absolute Gasteiger partial charge is 0.458 e. The van der Waals surface area contributed by atoms with Crippen molar-refractivity contribution in [3.8, 4) is 0 Å². The Morgan fingerprint density at radius 2 is 1.94 bits per heavy atom. The first kappa shape index (κ1) is 14.3. The number of carbonyl (C=O) groups excluding carboxylic acids is 1. The fraction of sp³-hybridized carbons (Fsp3) is 0.733. The lowest BCUT2D eigenvalue weighted by Gasteiger charge is -2.38. The van der Waals surface area contributed by atoms with Gasteiger partial charge in [0, 0.05) is 11.0 Å². The van der Waals surface area contributed by atoms with Gasteiger partial charge in [-0.2, -0.15) is 0 Å². The van der Waals surface area contributed by atoms with E-state index >= 15 is 0 Å². The molecule has 0 aromatic rings. The molecular weight excluding hydrogens is 212 g/mol. The first-order valence-corrected chi connectivity index (χ1v) is 6.15. The van der Waals surface area contributed by atoms with Gasteiger partial charge >= 0.3 is 5.97 Å². The molecule has 1 unspecified atom stereocenters. The summed E-state index contributed by atoms with van der Waals surface area (Å²) in [5.41, 5.74) is 0.958. The second-order valence-corrected chi connectivity index (χ2v) is 6.28. The molecule has 0 aliphatic heterocycles. The molecule has 2 heteroatoms. The van der Waals surface area contributed by atoms with Gasteiger partial charge in [-0.3, -0.25) is 0 Å². The Balaban J connectivity index is 0.00000144. The number of esters is 1. The van der Waals surface area contributed by atoms with Crippen LogP contribution in [0.3, 0.4) is 0 Å². The van der Waals surface area contributed by atoms with E-state index < -0.39 is 0 Å². The number of hydrogen-bond acceptors (Lipinski definition) is 2. The summed E-state index contributed by atoms with van der Waals surface area (Å²) >= 11 is 0. The SMILES string of the molecule is C=C(C)C(=O)OC1C[C@H]2CC[C@@]1(C)C2(C)C.[CH3]. The fourth-order valence-corrected chi connectivity index (χ4v) is 3.54. The molecule has 1 radical (unpaired) electrons. The molecule has 0 N–H and O–H groups in total. The Bertz CT molecular complexity index is 343. The third-order valence-corrected chi connectivity index (χ3v) is 5.31. The van der Waals surface area contributed by atoms with Crippen LogP contribution in [0.1, 0.15) is 47.0 Å². The standard InChI is InChI=1S/C14H22O2.CH3/c1-9(2)12(15)16-11-8-10-6-7-14(11,5)13(10,3)4;/h10-11H,1,6-8H2,2-5H3;1H3/t10-,11?,14-;/m1./s1. The average molecular weight is 237 g/mol. The van der Waals surface area contributed by atoms with Crippen molar-refractivity contribution >= 4 is 5.97 Å². The molecule has 0 aromatic carbocycles. The van der Waals surface area contributed by atoms with Gasteiger partial charge in [-0.05, 0) is 37.5 Å². The lowest BCUT2D eigenvalue weighted by atomic mass is 9.70. The first-order chi connectivity index (χ1) is 7.29. The third kappa shape index (κ3) is 1.82. The van der Waals surface area contributed by atoms with Gasteiger partial charge in [0.1, 0.15) is 6.10 Å². The van der Waals surface area contributed by atoms with Crippen molar-refractivity contribution in [3.63, 3.8) is 0 Å². The summed E-state index contributed by atoms with van der Waals surface area (Å²) in [6.45, 7) is 12.3. The summed E-state index contributed by atoms with van der Waals surface area (Å²) in [6.07, 6.45) is 3.58. The van der Waals surface area contributed by atoms with Gasteiger partial charge < -0.3 is 4.74 Å². The van der Waals surface area contributed by atoms with E-state index in [2.05, 4.69) is 27.4 Å². The van der Waals surface area contributed by atoms with Gasteiger partial charge in [0.05, 0.1) is 0 Å². The molecule has 2 nitrogen and oxygen atoms in total. The Labute approximate surface area is 105 Å². The van der Waals surface area contributed by atoms with E-state index in [-0.39, 0.29) is 24.9 Å². The average Bonchev–Trinajstić information content (AvgIpc) is 2.50. The van der Waals surface area contributed by atoms with Crippen LogP contribution in [-0.2, 0) is 9.53 Å². The smallest absolute Gasteiger partial charge is 0.333 e. The second kappa shape index (κ2) is 4.15. The minimum Gasteiger partial charge on any atom is -0.458 e. The third-order valence-electron chi connectivity index (χ3n) is 5.31. The van der Waals surface area contributed by atoms with Gasteiger partial charge in [0.25, 0.3) is 0 Å². The summed E-state index contributed by atoms with van der Waals surface area (Å²) in [5, 5.41) is 0. The summed E-state index contributed by atoms with van der Waals surface area (Å²) in [4.78, 5) is 11.6. The maximum Gasteiger partial charge on any atom is 0.333 e. The Hall–Kier alpha value is -0.790. The monoisotopic (exact) mass is 237 g/mol. The summed E-state index contributed by atoms with van der Waals surface area (Å²) < 4.78 is 5.61. The van der Waals surface area contributed by atoms with E-state index in [9.17, 15) is 4.79 Å². The minimum atomic E-state index is -0.227. The zero-order valence-electron chi connectivity index (χ0n) is 11.8. The van der Waals surface area contributed by atoms with Crippen molar-refractivity contribution in [2.45, 2.75) is 53.1 Å². The van der Waals surface area contributed by atoms with Gasteiger partial charge in [-0.15, -0.1) is 0 Å². The van der Waals surface area contributed by atoms with Gasteiger partial charge in [0.2, 0.25) is 0 Å². The fourth-order valence-electron chi connectivity index (χ4n) is 3.54. The number of rotatable bonds is 2. The molecule has 3 atom stereocenters. The highest BCUT2D eigenvalue weighted by Crippen LogP contribution is 2.66. The van der Waals surface area contributed by atoms with Crippen LogP contribution in [0.25, 0.3) is 0 Å². The van der Waals surface area contributed by atoms with Crippen LogP contribution >= 0.6 is 0 Å². The molecule has 2 fully saturated rings. The highest BCUT2D eigenvalue weighted by atomic mass is 16.5. The highest BCUT2D eigenvalue weighted by molar-refractivity contribution is 5.87.